The fourth-order valence-electron chi connectivity index (χ4n) is 2.39. The Balaban J connectivity index is 2.70. The number of fused-ring (bicyclic) bond motifs is 1. The Labute approximate surface area is 106 Å². The highest BCUT2D eigenvalue weighted by atomic mass is 32.2. The second kappa shape index (κ2) is 4.37. The summed E-state index contributed by atoms with van der Waals surface area (Å²) in [6, 6.07) is 3.96. The summed E-state index contributed by atoms with van der Waals surface area (Å²) < 4.78 is 23.5. The van der Waals surface area contributed by atoms with Crippen molar-refractivity contribution in [2.24, 2.45) is 0 Å². The Hall–Kier alpha value is -1.40. The molecule has 0 saturated carbocycles. The zero-order valence-electron chi connectivity index (χ0n) is 10.2. The highest BCUT2D eigenvalue weighted by Gasteiger charge is 2.32. The Morgan fingerprint density at radius 3 is 2.67 bits per heavy atom. The second-order valence-corrected chi connectivity index (χ2v) is 6.60. The first-order valence-corrected chi connectivity index (χ1v) is 7.50. The first-order chi connectivity index (χ1) is 8.32. The van der Waals surface area contributed by atoms with Gasteiger partial charge in [-0.25, -0.2) is 8.42 Å². The molecule has 1 aromatic rings. The van der Waals surface area contributed by atoms with Gasteiger partial charge in [0.15, 0.2) is 9.84 Å². The van der Waals surface area contributed by atoms with Crippen LogP contribution in [0.15, 0.2) is 23.1 Å². The third-order valence-corrected chi connectivity index (χ3v) is 4.33. The van der Waals surface area contributed by atoms with E-state index < -0.39 is 21.8 Å². The van der Waals surface area contributed by atoms with Crippen LogP contribution in [0.25, 0.3) is 0 Å². The molecular formula is C12H15NO4S. The number of sulfone groups is 1. The fraction of sp³-hybridized carbons (Fsp3) is 0.417. The molecule has 1 aromatic carbocycles. The number of nitrogens with one attached hydrogen (secondary N) is 1. The van der Waals surface area contributed by atoms with E-state index in [1.165, 1.54) is 6.07 Å². The minimum absolute atomic E-state index is 0.0264. The second-order valence-electron chi connectivity index (χ2n) is 4.61. The van der Waals surface area contributed by atoms with Gasteiger partial charge in [0, 0.05) is 12.8 Å². The van der Waals surface area contributed by atoms with Gasteiger partial charge in [-0.15, -0.1) is 0 Å². The molecule has 98 valence electrons. The van der Waals surface area contributed by atoms with Crippen LogP contribution in [0, 0.1) is 0 Å². The van der Waals surface area contributed by atoms with Crippen LogP contribution in [0.5, 0.6) is 0 Å². The monoisotopic (exact) mass is 269 g/mol. The predicted octanol–water partition coefficient (Wildman–Crippen LogP) is 0.923. The van der Waals surface area contributed by atoms with Gasteiger partial charge in [-0.1, -0.05) is 19.1 Å². The number of rotatable bonds is 2. The van der Waals surface area contributed by atoms with E-state index in [2.05, 4.69) is 5.32 Å². The van der Waals surface area contributed by atoms with Crippen molar-refractivity contribution in [3.8, 4) is 0 Å². The van der Waals surface area contributed by atoms with Crippen LogP contribution >= 0.6 is 0 Å². The largest absolute Gasteiger partial charge is 0.480 e. The van der Waals surface area contributed by atoms with Gasteiger partial charge in [-0.2, -0.15) is 0 Å². The molecule has 0 spiro atoms. The summed E-state index contributed by atoms with van der Waals surface area (Å²) in [6.45, 7) is 2.34. The van der Waals surface area contributed by atoms with Gasteiger partial charge in [0.05, 0.1) is 4.90 Å². The number of benzene rings is 1. The normalized spacial score (nSPS) is 23.4. The standard InChI is InChI=1S/C12H15NO4S/c1-7-6-13-11(12(14)15)8-4-3-5-9(10(7)8)18(2,16)17/h3-5,7,11,13H,6H2,1-2H3,(H,14,15). The number of hydrogen-bond acceptors (Lipinski definition) is 4. The van der Waals surface area contributed by atoms with Gasteiger partial charge < -0.3 is 10.4 Å². The zero-order valence-corrected chi connectivity index (χ0v) is 11.0. The van der Waals surface area contributed by atoms with Crippen LogP contribution in [0.4, 0.5) is 0 Å². The molecule has 0 bridgehead atoms. The Bertz CT molecular complexity index is 594. The maximum absolute atomic E-state index is 11.8. The van der Waals surface area contributed by atoms with Crippen molar-refractivity contribution in [3.63, 3.8) is 0 Å². The lowest BCUT2D eigenvalue weighted by Gasteiger charge is -2.30. The Kier molecular flexibility index (Phi) is 3.16. The van der Waals surface area contributed by atoms with E-state index in [9.17, 15) is 13.2 Å². The van der Waals surface area contributed by atoms with Gasteiger partial charge in [0.1, 0.15) is 6.04 Å². The van der Waals surface area contributed by atoms with E-state index in [4.69, 9.17) is 5.11 Å². The summed E-state index contributed by atoms with van der Waals surface area (Å²) in [6.07, 6.45) is 1.15. The van der Waals surface area contributed by atoms with E-state index >= 15 is 0 Å². The highest BCUT2D eigenvalue weighted by Crippen LogP contribution is 2.34. The first-order valence-electron chi connectivity index (χ1n) is 5.61. The van der Waals surface area contributed by atoms with Crippen LogP contribution in [-0.4, -0.2) is 32.3 Å². The molecule has 2 unspecified atom stereocenters. The SMILES string of the molecule is CC1CNC(C(=O)O)c2cccc(S(C)(=O)=O)c21. The van der Waals surface area contributed by atoms with Crippen molar-refractivity contribution in [1.82, 2.24) is 5.32 Å². The number of carboxylic acids is 1. The van der Waals surface area contributed by atoms with Crippen molar-refractivity contribution in [3.05, 3.63) is 29.3 Å². The smallest absolute Gasteiger partial charge is 0.325 e. The number of hydrogen-bond donors (Lipinski definition) is 2. The van der Waals surface area contributed by atoms with E-state index in [0.717, 1.165) is 6.26 Å². The van der Waals surface area contributed by atoms with Gasteiger partial charge in [0.2, 0.25) is 0 Å². The van der Waals surface area contributed by atoms with E-state index in [0.29, 0.717) is 17.7 Å². The molecule has 0 fully saturated rings. The van der Waals surface area contributed by atoms with Crippen molar-refractivity contribution < 1.29 is 18.3 Å². The van der Waals surface area contributed by atoms with Crippen LogP contribution < -0.4 is 5.32 Å². The minimum Gasteiger partial charge on any atom is -0.480 e. The number of aliphatic carboxylic acids is 1. The molecule has 2 rings (SSSR count). The maximum atomic E-state index is 11.8. The molecular weight excluding hydrogens is 254 g/mol. The average Bonchev–Trinajstić information content (AvgIpc) is 2.27. The molecule has 0 saturated heterocycles. The van der Waals surface area contributed by atoms with Crippen molar-refractivity contribution in [1.29, 1.82) is 0 Å². The van der Waals surface area contributed by atoms with Crippen molar-refractivity contribution >= 4 is 15.8 Å². The third-order valence-electron chi connectivity index (χ3n) is 3.18. The molecule has 0 amide bonds. The summed E-state index contributed by atoms with van der Waals surface area (Å²) in [4.78, 5) is 11.4. The Morgan fingerprint density at radius 2 is 2.11 bits per heavy atom. The zero-order chi connectivity index (χ0) is 13.5. The molecule has 1 aliphatic rings. The lowest BCUT2D eigenvalue weighted by atomic mass is 9.87. The third kappa shape index (κ3) is 2.13. The van der Waals surface area contributed by atoms with E-state index in [1.807, 2.05) is 6.92 Å². The van der Waals surface area contributed by atoms with Gasteiger partial charge >= 0.3 is 5.97 Å². The highest BCUT2D eigenvalue weighted by molar-refractivity contribution is 7.90. The lowest BCUT2D eigenvalue weighted by molar-refractivity contribution is -0.139. The minimum atomic E-state index is -3.35. The first kappa shape index (κ1) is 13.0. The summed E-state index contributed by atoms with van der Waals surface area (Å²) in [5.41, 5.74) is 1.18. The molecule has 5 nitrogen and oxygen atoms in total. The lowest BCUT2D eigenvalue weighted by Crippen LogP contribution is -2.37. The number of carbonyl (C=O) groups is 1. The van der Waals surface area contributed by atoms with E-state index in [1.54, 1.807) is 12.1 Å². The quantitative estimate of drug-likeness (QED) is 0.834. The average molecular weight is 269 g/mol. The Morgan fingerprint density at radius 1 is 1.44 bits per heavy atom. The number of carboxylic acid groups (broad SMARTS) is 1. The molecule has 0 aromatic heterocycles. The molecule has 0 radical (unpaired) electrons. The summed E-state index contributed by atoms with van der Waals surface area (Å²) in [7, 11) is -3.35. The molecule has 1 aliphatic heterocycles. The molecule has 0 aliphatic carbocycles. The van der Waals surface area contributed by atoms with Crippen molar-refractivity contribution in [2.45, 2.75) is 23.8 Å². The summed E-state index contributed by atoms with van der Waals surface area (Å²) in [5, 5.41) is 12.1. The fourth-order valence-corrected chi connectivity index (χ4v) is 3.43. The van der Waals surface area contributed by atoms with Crippen molar-refractivity contribution in [2.75, 3.05) is 12.8 Å². The molecule has 1 heterocycles. The van der Waals surface area contributed by atoms with Gasteiger partial charge in [-0.05, 0) is 23.1 Å². The summed E-state index contributed by atoms with van der Waals surface area (Å²) in [5.74, 6) is -1.02. The van der Waals surface area contributed by atoms with Gasteiger partial charge in [-0.3, -0.25) is 4.79 Å². The van der Waals surface area contributed by atoms with Gasteiger partial charge in [0.25, 0.3) is 0 Å². The molecule has 2 atom stereocenters. The van der Waals surface area contributed by atoms with Crippen LogP contribution in [-0.2, 0) is 14.6 Å². The topological polar surface area (TPSA) is 83.5 Å². The summed E-state index contributed by atoms with van der Waals surface area (Å²) >= 11 is 0. The van der Waals surface area contributed by atoms with Crippen LogP contribution in [0.2, 0.25) is 0 Å². The maximum Gasteiger partial charge on any atom is 0.325 e. The molecule has 2 N–H and O–H groups in total. The van der Waals surface area contributed by atoms with E-state index in [-0.39, 0.29) is 10.8 Å². The van der Waals surface area contributed by atoms with Crippen LogP contribution in [0.3, 0.4) is 0 Å². The molecule has 18 heavy (non-hydrogen) atoms. The molecule has 6 heteroatoms. The predicted molar refractivity (Wildman–Crippen MR) is 66.3 cm³/mol. The van der Waals surface area contributed by atoms with Crippen LogP contribution in [0.1, 0.15) is 30.0 Å².